The highest BCUT2D eigenvalue weighted by Crippen LogP contribution is 2.59. The Morgan fingerprint density at radius 3 is 2.57 bits per heavy atom. The maximum atomic E-state index is 14.6. The van der Waals surface area contributed by atoms with Crippen molar-refractivity contribution in [3.05, 3.63) is 129 Å². The van der Waals surface area contributed by atoms with Gasteiger partial charge in [-0.25, -0.2) is 0 Å². The quantitative estimate of drug-likeness (QED) is 0.0912. The summed E-state index contributed by atoms with van der Waals surface area (Å²) >= 11 is 6.34. The second kappa shape index (κ2) is 18.7. The molecule has 3 aliphatic rings. The zero-order chi connectivity index (χ0) is 41.7. The van der Waals surface area contributed by atoms with Gasteiger partial charge in [-0.05, 0) is 124 Å². The molecule has 0 aliphatic heterocycles. The lowest BCUT2D eigenvalue weighted by atomic mass is 9.64. The molecule has 11 heteroatoms. The Morgan fingerprint density at radius 1 is 1.05 bits per heavy atom. The molecule has 3 N–H and O–H groups in total. The van der Waals surface area contributed by atoms with Crippen molar-refractivity contribution >= 4 is 17.4 Å². The van der Waals surface area contributed by atoms with Crippen molar-refractivity contribution < 1.29 is 42.4 Å². The molecule has 1 heterocycles. The summed E-state index contributed by atoms with van der Waals surface area (Å²) in [6.07, 6.45) is 0.926. The van der Waals surface area contributed by atoms with Gasteiger partial charge in [0.15, 0.2) is 5.76 Å². The van der Waals surface area contributed by atoms with Crippen LogP contribution in [-0.4, -0.2) is 70.1 Å². The smallest absolute Gasteiger partial charge is 0.416 e. The van der Waals surface area contributed by atoms with E-state index in [1.807, 2.05) is 42.5 Å². The summed E-state index contributed by atoms with van der Waals surface area (Å²) in [4.78, 5) is 16.7. The highest BCUT2D eigenvalue weighted by molar-refractivity contribution is 6.33. The van der Waals surface area contributed by atoms with Crippen LogP contribution in [0.3, 0.4) is 0 Å². The summed E-state index contributed by atoms with van der Waals surface area (Å²) in [6, 6.07) is 21.3. The molecular formula is C47H55ClF3NO6. The molecule has 4 aromatic rings. The Balaban J connectivity index is 1.32. The Bertz CT molecular complexity index is 2050. The maximum Gasteiger partial charge on any atom is 0.416 e. The minimum Gasteiger partial charge on any atom is -0.453 e. The molecular weight excluding hydrogens is 767 g/mol. The maximum absolute atomic E-state index is 14.6. The second-order valence-corrected chi connectivity index (χ2v) is 16.9. The summed E-state index contributed by atoms with van der Waals surface area (Å²) in [7, 11) is 0. The van der Waals surface area contributed by atoms with Crippen molar-refractivity contribution in [2.45, 2.75) is 109 Å². The summed E-state index contributed by atoms with van der Waals surface area (Å²) in [5.74, 6) is -0.746. The number of rotatable bonds is 13. The largest absolute Gasteiger partial charge is 0.453 e. The molecule has 3 aliphatic carbocycles. The topological polar surface area (TPSA) is 103 Å². The standard InChI is InChI=1S/C47H55ClF3NO6/c1-4-23-52(27-36(54)29-57-28-32-10-6-5-7-11-32)30-46(56)22-20-40-37-16-13-33(24-35(53)15-12-31(2)9-8-21-45(40,46)3)25-38(37)44(55)43-19-18-42(58-43)39-26-34(47(49,50)51)14-17-41(39)48/h5-7,9-11,13-14,16-19,25-26,35-36,40,53-54,56H,4,8,12,15,20-24,27-30H2,1-3H3. The van der Waals surface area contributed by atoms with Crippen molar-refractivity contribution in [3.8, 4) is 11.3 Å². The Hall–Kier alpha value is -3.77. The predicted octanol–water partition coefficient (Wildman–Crippen LogP) is 10.2. The number of carbonyl (C=O) groups excluding carboxylic acids is 1. The number of alkyl halides is 3. The molecule has 5 atom stereocenters. The van der Waals surface area contributed by atoms with E-state index in [9.17, 15) is 33.3 Å². The molecule has 5 unspecified atom stereocenters. The third-order valence-electron chi connectivity index (χ3n) is 12.2. The fourth-order valence-electron chi connectivity index (χ4n) is 8.98. The molecule has 0 saturated heterocycles. The molecule has 58 heavy (non-hydrogen) atoms. The van der Waals surface area contributed by atoms with Gasteiger partial charge in [0.05, 0.1) is 41.6 Å². The van der Waals surface area contributed by atoms with E-state index in [4.69, 9.17) is 20.8 Å². The lowest BCUT2D eigenvalue weighted by Gasteiger charge is -2.46. The van der Waals surface area contributed by atoms with Crippen LogP contribution in [0.15, 0.2) is 94.9 Å². The predicted molar refractivity (Wildman–Crippen MR) is 220 cm³/mol. The number of aliphatic hydroxyl groups excluding tert-OH is 2. The third-order valence-corrected chi connectivity index (χ3v) is 12.6. The van der Waals surface area contributed by atoms with E-state index in [-0.39, 0.29) is 34.6 Å². The van der Waals surface area contributed by atoms with Gasteiger partial charge in [-0.15, -0.1) is 0 Å². The monoisotopic (exact) mass is 821 g/mol. The average Bonchev–Trinajstić information content (AvgIpc) is 3.76. The van der Waals surface area contributed by atoms with Crippen molar-refractivity contribution in [1.29, 1.82) is 0 Å². The van der Waals surface area contributed by atoms with E-state index in [0.717, 1.165) is 41.3 Å². The molecule has 0 amide bonds. The number of halogens is 4. The molecule has 7 nitrogen and oxygen atoms in total. The lowest BCUT2D eigenvalue weighted by molar-refractivity contribution is -0.137. The third kappa shape index (κ3) is 10.1. The fourth-order valence-corrected chi connectivity index (χ4v) is 9.19. The average molecular weight is 822 g/mol. The van der Waals surface area contributed by atoms with Crippen LogP contribution in [0.5, 0.6) is 0 Å². The minimum atomic E-state index is -4.60. The van der Waals surface area contributed by atoms with Crippen LogP contribution in [-0.2, 0) is 23.9 Å². The number of aliphatic hydroxyl groups is 3. The van der Waals surface area contributed by atoms with Crippen LogP contribution in [0, 0.1) is 5.41 Å². The number of carbonyl (C=O) groups is 1. The van der Waals surface area contributed by atoms with Gasteiger partial charge in [-0.3, -0.25) is 9.69 Å². The van der Waals surface area contributed by atoms with Gasteiger partial charge in [-0.2, -0.15) is 13.2 Å². The first-order valence-electron chi connectivity index (χ1n) is 20.3. The number of furan rings is 1. The summed E-state index contributed by atoms with van der Waals surface area (Å²) in [6.45, 7) is 8.09. The van der Waals surface area contributed by atoms with E-state index in [1.54, 1.807) is 6.07 Å². The second-order valence-electron chi connectivity index (χ2n) is 16.5. The number of fused-ring (bicyclic) bond motifs is 8. The lowest BCUT2D eigenvalue weighted by Crippen LogP contribution is -2.54. The molecule has 1 fully saturated rings. The SMILES string of the molecule is CCCN(CC(O)COCc1ccccc1)CC1(O)CCC2c3ccc(cc3C(=O)c3ccc(-c4cc(C(F)(F)F)ccc4Cl)o3)CC(O)CCC(C)=CCCC21C. The molecule has 0 spiro atoms. The van der Waals surface area contributed by atoms with Gasteiger partial charge in [0.2, 0.25) is 5.78 Å². The fraction of sp³-hybridized carbons (Fsp3) is 0.468. The van der Waals surface area contributed by atoms with Gasteiger partial charge in [0.1, 0.15) is 5.76 Å². The normalized spacial score (nSPS) is 23.4. The number of ketones is 1. The van der Waals surface area contributed by atoms with Crippen LogP contribution in [0.4, 0.5) is 13.2 Å². The molecule has 2 bridgehead atoms. The van der Waals surface area contributed by atoms with E-state index in [2.05, 4.69) is 31.7 Å². The summed E-state index contributed by atoms with van der Waals surface area (Å²) in [5, 5.41) is 35.1. The first-order valence-corrected chi connectivity index (χ1v) is 20.7. The molecule has 7 rings (SSSR count). The van der Waals surface area contributed by atoms with Crippen molar-refractivity contribution in [1.82, 2.24) is 4.90 Å². The van der Waals surface area contributed by atoms with Crippen molar-refractivity contribution in [3.63, 3.8) is 0 Å². The van der Waals surface area contributed by atoms with Crippen molar-refractivity contribution in [2.24, 2.45) is 5.41 Å². The van der Waals surface area contributed by atoms with E-state index >= 15 is 0 Å². The highest BCUT2D eigenvalue weighted by atomic mass is 35.5. The Labute approximate surface area is 344 Å². The zero-order valence-electron chi connectivity index (χ0n) is 33.5. The van der Waals surface area contributed by atoms with Gasteiger partial charge >= 0.3 is 6.18 Å². The van der Waals surface area contributed by atoms with Crippen LogP contribution in [0.25, 0.3) is 11.3 Å². The van der Waals surface area contributed by atoms with Crippen LogP contribution in [0.2, 0.25) is 5.02 Å². The van der Waals surface area contributed by atoms with Gasteiger partial charge in [-0.1, -0.05) is 79.6 Å². The number of ether oxygens (including phenoxy) is 1. The van der Waals surface area contributed by atoms with Gasteiger partial charge < -0.3 is 24.5 Å². The number of nitrogens with zero attached hydrogens (tertiary/aromatic N) is 1. The molecule has 1 aromatic heterocycles. The molecule has 3 aromatic carbocycles. The number of allylic oxidation sites excluding steroid dienone is 2. The van der Waals surface area contributed by atoms with E-state index in [1.165, 1.54) is 17.7 Å². The van der Waals surface area contributed by atoms with Crippen LogP contribution < -0.4 is 0 Å². The number of hydrogen-bond acceptors (Lipinski definition) is 7. The van der Waals surface area contributed by atoms with Gasteiger partial charge in [0, 0.05) is 29.6 Å². The first kappa shape index (κ1) is 43.8. The Kier molecular flexibility index (Phi) is 14.1. The summed E-state index contributed by atoms with van der Waals surface area (Å²) < 4.78 is 52.7. The molecule has 312 valence electrons. The minimum absolute atomic E-state index is 0.0170. The number of hydrogen-bond donors (Lipinski definition) is 3. The summed E-state index contributed by atoms with van der Waals surface area (Å²) in [5.41, 5.74) is 1.28. The highest BCUT2D eigenvalue weighted by Gasteiger charge is 2.57. The van der Waals surface area contributed by atoms with Crippen LogP contribution >= 0.6 is 11.6 Å². The van der Waals surface area contributed by atoms with Crippen LogP contribution in [0.1, 0.15) is 110 Å². The zero-order valence-corrected chi connectivity index (χ0v) is 34.3. The molecule has 0 radical (unpaired) electrons. The van der Waals surface area contributed by atoms with Crippen molar-refractivity contribution in [2.75, 3.05) is 26.2 Å². The van der Waals surface area contributed by atoms with E-state index < -0.39 is 40.7 Å². The van der Waals surface area contributed by atoms with E-state index in [0.29, 0.717) is 76.8 Å². The first-order chi connectivity index (χ1) is 27.6. The Morgan fingerprint density at radius 2 is 1.83 bits per heavy atom. The molecule has 1 saturated carbocycles. The van der Waals surface area contributed by atoms with Gasteiger partial charge in [0.25, 0.3) is 0 Å². The number of benzene rings is 3.